The zero-order valence-corrected chi connectivity index (χ0v) is 13.4. The van der Waals surface area contributed by atoms with E-state index in [9.17, 15) is 14.4 Å². The number of hydrogen-bond donors (Lipinski definition) is 2. The summed E-state index contributed by atoms with van der Waals surface area (Å²) in [6.45, 7) is -0.485. The molecule has 114 valence electrons. The lowest BCUT2D eigenvalue weighted by molar-refractivity contribution is -0.119. The molecule has 2 amide bonds. The average Bonchev–Trinajstić information content (AvgIpc) is 2.93. The predicted octanol–water partition coefficient (Wildman–Crippen LogP) is 1.80. The second-order valence-corrected chi connectivity index (χ2v) is 5.88. The first-order chi connectivity index (χ1) is 10.5. The Balaban J connectivity index is 1.91. The highest BCUT2D eigenvalue weighted by Crippen LogP contribution is 2.22. The lowest BCUT2D eigenvalue weighted by Gasteiger charge is -2.06. The second-order valence-electron chi connectivity index (χ2n) is 4.04. The number of thiophene rings is 1. The van der Waals surface area contributed by atoms with Gasteiger partial charge in [0.05, 0.1) is 11.1 Å². The van der Waals surface area contributed by atoms with Crippen LogP contribution < -0.4 is 11.1 Å². The summed E-state index contributed by atoms with van der Waals surface area (Å²) in [4.78, 5) is 38.4. The van der Waals surface area contributed by atoms with Crippen LogP contribution in [0.3, 0.4) is 0 Å². The molecule has 2 aromatic heterocycles. The first-order valence-corrected chi connectivity index (χ1v) is 7.59. The molecule has 0 saturated heterocycles. The number of halogens is 1. The fourth-order valence-electron chi connectivity index (χ4n) is 1.50. The molecule has 0 spiro atoms. The fourth-order valence-corrected chi connectivity index (χ4v) is 2.67. The third kappa shape index (κ3) is 4.12. The van der Waals surface area contributed by atoms with Crippen LogP contribution in [-0.4, -0.2) is 29.4 Å². The molecular formula is C13H10BrN3O4S. The van der Waals surface area contributed by atoms with Crippen molar-refractivity contribution in [3.05, 3.63) is 45.5 Å². The summed E-state index contributed by atoms with van der Waals surface area (Å²) in [6.07, 6.45) is 2.85. The summed E-state index contributed by atoms with van der Waals surface area (Å²) in [5.41, 5.74) is 5.59. The zero-order valence-electron chi connectivity index (χ0n) is 11.0. The quantitative estimate of drug-likeness (QED) is 0.764. The van der Waals surface area contributed by atoms with Crippen LogP contribution in [0.15, 0.2) is 34.4 Å². The van der Waals surface area contributed by atoms with E-state index in [1.807, 2.05) is 0 Å². The van der Waals surface area contributed by atoms with E-state index in [0.717, 1.165) is 11.3 Å². The highest BCUT2D eigenvalue weighted by Gasteiger charge is 2.15. The fraction of sp³-hybridized carbons (Fsp3) is 0.0769. The van der Waals surface area contributed by atoms with Crippen molar-refractivity contribution in [2.45, 2.75) is 0 Å². The van der Waals surface area contributed by atoms with Gasteiger partial charge in [0.1, 0.15) is 5.00 Å². The van der Waals surface area contributed by atoms with E-state index in [4.69, 9.17) is 10.5 Å². The Morgan fingerprint density at radius 1 is 1.36 bits per heavy atom. The molecule has 0 aliphatic rings. The molecule has 0 saturated carbocycles. The Bertz CT molecular complexity index is 732. The molecule has 22 heavy (non-hydrogen) atoms. The molecule has 0 radical (unpaired) electrons. The Morgan fingerprint density at radius 2 is 2.14 bits per heavy atom. The van der Waals surface area contributed by atoms with E-state index in [2.05, 4.69) is 26.2 Å². The number of esters is 1. The van der Waals surface area contributed by atoms with Gasteiger partial charge in [-0.2, -0.15) is 0 Å². The monoisotopic (exact) mass is 383 g/mol. The van der Waals surface area contributed by atoms with Crippen molar-refractivity contribution in [1.82, 2.24) is 4.98 Å². The van der Waals surface area contributed by atoms with Crippen LogP contribution in [-0.2, 0) is 9.53 Å². The number of aromatic nitrogens is 1. The van der Waals surface area contributed by atoms with Crippen LogP contribution in [0.25, 0.3) is 0 Å². The molecule has 9 heteroatoms. The average molecular weight is 384 g/mol. The van der Waals surface area contributed by atoms with E-state index in [1.54, 1.807) is 5.38 Å². The molecule has 3 N–H and O–H groups in total. The number of primary amides is 1. The van der Waals surface area contributed by atoms with Crippen molar-refractivity contribution in [3.63, 3.8) is 0 Å². The van der Waals surface area contributed by atoms with Crippen molar-refractivity contribution in [1.29, 1.82) is 0 Å². The smallest absolute Gasteiger partial charge is 0.340 e. The number of hydrogen-bond acceptors (Lipinski definition) is 6. The van der Waals surface area contributed by atoms with Gasteiger partial charge in [0.25, 0.3) is 11.8 Å². The standard InChI is InChI=1S/C13H10BrN3O4S/c14-8-3-7(4-16-5-8)13(20)21-6-10(18)17-12-9(11(15)19)1-2-22-12/h1-5H,6H2,(H2,15,19)(H,17,18). The maximum atomic E-state index is 11.7. The highest BCUT2D eigenvalue weighted by atomic mass is 79.9. The van der Waals surface area contributed by atoms with Crippen LogP contribution in [0, 0.1) is 0 Å². The topological polar surface area (TPSA) is 111 Å². The third-order valence-electron chi connectivity index (χ3n) is 2.46. The molecule has 0 aliphatic carbocycles. The lowest BCUT2D eigenvalue weighted by atomic mass is 10.3. The van der Waals surface area contributed by atoms with Gasteiger partial charge in [0, 0.05) is 16.9 Å². The molecule has 0 aliphatic heterocycles. The minimum Gasteiger partial charge on any atom is -0.452 e. The maximum Gasteiger partial charge on any atom is 0.340 e. The van der Waals surface area contributed by atoms with Gasteiger partial charge in [-0.05, 0) is 33.4 Å². The Labute approximate surface area is 137 Å². The minimum absolute atomic E-state index is 0.209. The number of pyridine rings is 1. The number of nitrogens with two attached hydrogens (primary N) is 1. The van der Waals surface area contributed by atoms with Gasteiger partial charge < -0.3 is 15.8 Å². The molecule has 0 atom stereocenters. The Morgan fingerprint density at radius 3 is 2.82 bits per heavy atom. The van der Waals surface area contributed by atoms with E-state index in [0.29, 0.717) is 9.47 Å². The predicted molar refractivity (Wildman–Crippen MR) is 83.7 cm³/mol. The Hall–Kier alpha value is -2.26. The van der Waals surface area contributed by atoms with Crippen LogP contribution >= 0.6 is 27.3 Å². The molecule has 2 aromatic rings. The number of ether oxygens (including phenoxy) is 1. The van der Waals surface area contributed by atoms with Crippen molar-refractivity contribution in [2.24, 2.45) is 5.73 Å². The van der Waals surface area contributed by atoms with Gasteiger partial charge in [0.15, 0.2) is 6.61 Å². The third-order valence-corrected chi connectivity index (χ3v) is 3.72. The summed E-state index contributed by atoms with van der Waals surface area (Å²) in [5, 5.41) is 4.40. The van der Waals surface area contributed by atoms with Crippen LogP contribution in [0.4, 0.5) is 5.00 Å². The van der Waals surface area contributed by atoms with Gasteiger partial charge in [-0.1, -0.05) is 0 Å². The first-order valence-electron chi connectivity index (χ1n) is 5.92. The van der Waals surface area contributed by atoms with E-state index >= 15 is 0 Å². The summed E-state index contributed by atoms with van der Waals surface area (Å²) in [7, 11) is 0. The van der Waals surface area contributed by atoms with E-state index < -0.39 is 24.4 Å². The summed E-state index contributed by atoms with van der Waals surface area (Å²) in [5.74, 6) is -1.89. The summed E-state index contributed by atoms with van der Waals surface area (Å²) < 4.78 is 5.49. The molecule has 2 rings (SSSR count). The second kappa shape index (κ2) is 7.14. The van der Waals surface area contributed by atoms with Crippen molar-refractivity contribution in [3.8, 4) is 0 Å². The number of nitrogens with one attached hydrogen (secondary N) is 1. The normalized spacial score (nSPS) is 10.0. The molecular weight excluding hydrogens is 374 g/mol. The van der Waals surface area contributed by atoms with E-state index in [-0.39, 0.29) is 11.1 Å². The van der Waals surface area contributed by atoms with Gasteiger partial charge in [0.2, 0.25) is 0 Å². The maximum absolute atomic E-state index is 11.7. The highest BCUT2D eigenvalue weighted by molar-refractivity contribution is 9.10. The largest absolute Gasteiger partial charge is 0.452 e. The molecule has 0 fully saturated rings. The summed E-state index contributed by atoms with van der Waals surface area (Å²) in [6, 6.07) is 3.03. The number of amides is 2. The van der Waals surface area contributed by atoms with Gasteiger partial charge in [-0.3, -0.25) is 14.6 Å². The number of anilines is 1. The van der Waals surface area contributed by atoms with Gasteiger partial charge in [-0.25, -0.2) is 4.79 Å². The summed E-state index contributed by atoms with van der Waals surface area (Å²) >= 11 is 4.33. The van der Waals surface area contributed by atoms with Gasteiger partial charge in [-0.15, -0.1) is 11.3 Å². The van der Waals surface area contributed by atoms with E-state index in [1.165, 1.54) is 24.5 Å². The first kappa shape index (κ1) is 16.1. The van der Waals surface area contributed by atoms with Crippen molar-refractivity contribution in [2.75, 3.05) is 11.9 Å². The SMILES string of the molecule is NC(=O)c1ccsc1NC(=O)COC(=O)c1cncc(Br)c1. The molecule has 0 bridgehead atoms. The van der Waals surface area contributed by atoms with Crippen LogP contribution in [0.2, 0.25) is 0 Å². The molecule has 7 nitrogen and oxygen atoms in total. The molecule has 2 heterocycles. The van der Waals surface area contributed by atoms with Crippen LogP contribution in [0.5, 0.6) is 0 Å². The van der Waals surface area contributed by atoms with Crippen LogP contribution in [0.1, 0.15) is 20.7 Å². The number of nitrogens with zero attached hydrogens (tertiary/aromatic N) is 1. The van der Waals surface area contributed by atoms with Crippen molar-refractivity contribution >= 4 is 50.1 Å². The minimum atomic E-state index is -0.676. The Kier molecular flexibility index (Phi) is 5.23. The number of carbonyl (C=O) groups is 3. The lowest BCUT2D eigenvalue weighted by Crippen LogP contribution is -2.22. The molecule has 0 aromatic carbocycles. The zero-order chi connectivity index (χ0) is 16.1. The number of rotatable bonds is 5. The van der Waals surface area contributed by atoms with Gasteiger partial charge >= 0.3 is 5.97 Å². The van der Waals surface area contributed by atoms with Crippen molar-refractivity contribution < 1.29 is 19.1 Å². The number of carbonyl (C=O) groups excluding carboxylic acids is 3. The molecule has 0 unspecified atom stereocenters.